The van der Waals surface area contributed by atoms with Crippen LogP contribution in [-0.4, -0.2) is 27.0 Å². The highest BCUT2D eigenvalue weighted by Crippen LogP contribution is 2.22. The summed E-state index contributed by atoms with van der Waals surface area (Å²) in [6, 6.07) is 10.7. The van der Waals surface area contributed by atoms with Crippen molar-refractivity contribution >= 4 is 5.91 Å². The Kier molecular flexibility index (Phi) is 4.12. The summed E-state index contributed by atoms with van der Waals surface area (Å²) < 4.78 is 0. The third kappa shape index (κ3) is 3.20. The third-order valence-electron chi connectivity index (χ3n) is 2.88. The van der Waals surface area contributed by atoms with E-state index in [1.807, 2.05) is 30.3 Å². The van der Waals surface area contributed by atoms with E-state index >= 15 is 0 Å². The Morgan fingerprint density at radius 3 is 2.65 bits per heavy atom. The van der Waals surface area contributed by atoms with Crippen LogP contribution in [0.25, 0.3) is 11.1 Å². The minimum Gasteiger partial charge on any atom is -0.349 e. The Labute approximate surface area is 116 Å². The Balaban J connectivity index is 2.36. The smallest absolute Gasteiger partial charge is 0.256 e. The van der Waals surface area contributed by atoms with Gasteiger partial charge in [-0.2, -0.15) is 0 Å². The summed E-state index contributed by atoms with van der Waals surface area (Å²) in [7, 11) is 0. The molecule has 0 spiro atoms. The van der Waals surface area contributed by atoms with Crippen LogP contribution in [0.4, 0.5) is 0 Å². The van der Waals surface area contributed by atoms with Gasteiger partial charge in [0, 0.05) is 18.2 Å². The normalized spacial score (nSPS) is 11.2. The second-order valence-electron chi connectivity index (χ2n) is 4.34. The first-order valence-electron chi connectivity index (χ1n) is 6.23. The van der Waals surface area contributed by atoms with Crippen LogP contribution >= 0.6 is 0 Å². The third-order valence-corrected chi connectivity index (χ3v) is 2.88. The van der Waals surface area contributed by atoms with Crippen molar-refractivity contribution in [3.63, 3.8) is 0 Å². The zero-order chi connectivity index (χ0) is 14.6. The van der Waals surface area contributed by atoms with E-state index in [1.54, 1.807) is 6.92 Å². The fourth-order valence-electron chi connectivity index (χ4n) is 1.71. The fraction of sp³-hybridized carbons (Fsp3) is 0.200. The average molecular weight is 271 g/mol. The van der Waals surface area contributed by atoms with E-state index in [2.05, 4.69) is 16.5 Å². The minimum absolute atomic E-state index is 0.0196. The molecule has 1 aromatic heterocycles. The molecule has 1 amide bonds. The number of nitrogens with zero attached hydrogens (tertiary/aromatic N) is 1. The second-order valence-corrected chi connectivity index (χ2v) is 4.34. The van der Waals surface area contributed by atoms with Crippen molar-refractivity contribution in [3.8, 4) is 11.1 Å². The number of amides is 1. The number of nitrogens with one attached hydrogen (secondary N) is 1. The quantitative estimate of drug-likeness (QED) is 0.733. The maximum Gasteiger partial charge on any atom is 0.256 e. The van der Waals surface area contributed by atoms with Crippen LogP contribution in [0.15, 0.2) is 42.6 Å². The van der Waals surface area contributed by atoms with Gasteiger partial charge in [-0.05, 0) is 11.6 Å². The number of hydrogen-bond acceptors (Lipinski definition) is 4. The Bertz CT molecular complexity index is 597. The van der Waals surface area contributed by atoms with Gasteiger partial charge in [0.2, 0.25) is 5.91 Å². The van der Waals surface area contributed by atoms with Crippen molar-refractivity contribution in [2.24, 2.45) is 0 Å². The lowest BCUT2D eigenvalue weighted by molar-refractivity contribution is -0.177. The first-order valence-corrected chi connectivity index (χ1v) is 6.23. The fourth-order valence-corrected chi connectivity index (χ4v) is 1.71. The molecule has 0 aliphatic carbocycles. The van der Waals surface area contributed by atoms with Gasteiger partial charge in [-0.3, -0.25) is 9.78 Å². The lowest BCUT2D eigenvalue weighted by Crippen LogP contribution is -2.47. The van der Waals surface area contributed by atoms with E-state index < -0.39 is 11.8 Å². The zero-order valence-electron chi connectivity index (χ0n) is 11.0. The average Bonchev–Trinajstić information content (AvgIpc) is 2.48. The molecule has 103 valence electrons. The lowest BCUT2D eigenvalue weighted by atomic mass is 10.0. The lowest BCUT2D eigenvalue weighted by Gasteiger charge is -2.21. The second kappa shape index (κ2) is 5.81. The molecule has 2 aromatic rings. The molecule has 1 heterocycles. The molecule has 0 aliphatic rings. The molecule has 3 N–H and O–H groups in total. The van der Waals surface area contributed by atoms with Gasteiger partial charge in [0.15, 0.2) is 0 Å². The van der Waals surface area contributed by atoms with Crippen molar-refractivity contribution in [1.82, 2.24) is 10.3 Å². The van der Waals surface area contributed by atoms with Crippen LogP contribution in [-0.2, 0) is 0 Å². The molecule has 1 radical (unpaired) electrons. The van der Waals surface area contributed by atoms with Crippen LogP contribution in [0.5, 0.6) is 0 Å². The Morgan fingerprint density at radius 1 is 1.30 bits per heavy atom. The summed E-state index contributed by atoms with van der Waals surface area (Å²) in [5.74, 6) is -2.82. The molecule has 1 aromatic carbocycles. The molecule has 0 saturated carbocycles. The number of rotatable bonds is 4. The Morgan fingerprint density at radius 2 is 2.00 bits per heavy atom. The van der Waals surface area contributed by atoms with Crippen molar-refractivity contribution in [2.45, 2.75) is 19.3 Å². The number of aliphatic hydroxyl groups is 2. The molecule has 0 fully saturated rings. The van der Waals surface area contributed by atoms with E-state index in [1.165, 1.54) is 12.3 Å². The van der Waals surface area contributed by atoms with Crippen LogP contribution < -0.4 is 5.32 Å². The predicted molar refractivity (Wildman–Crippen MR) is 73.4 cm³/mol. The van der Waals surface area contributed by atoms with Crippen LogP contribution in [0.3, 0.4) is 0 Å². The summed E-state index contributed by atoms with van der Waals surface area (Å²) in [6.45, 7) is 1.55. The maximum atomic E-state index is 12.1. The van der Waals surface area contributed by atoms with Gasteiger partial charge in [-0.25, -0.2) is 0 Å². The van der Waals surface area contributed by atoms with Crippen molar-refractivity contribution in [3.05, 3.63) is 54.4 Å². The first-order chi connectivity index (χ1) is 9.53. The molecule has 0 aliphatic heterocycles. The number of pyridine rings is 1. The summed E-state index contributed by atoms with van der Waals surface area (Å²) >= 11 is 0. The minimum atomic E-state index is -2.23. The highest BCUT2D eigenvalue weighted by molar-refractivity contribution is 6.00. The first kappa shape index (κ1) is 14.2. The van der Waals surface area contributed by atoms with Gasteiger partial charge in [0.25, 0.3) is 5.91 Å². The van der Waals surface area contributed by atoms with Gasteiger partial charge in [0.05, 0.1) is 11.8 Å². The number of hydrogen-bond donors (Lipinski definition) is 3. The molecular formula is C15H15N2O3. The van der Waals surface area contributed by atoms with E-state index in [4.69, 9.17) is 0 Å². The Hall–Kier alpha value is -2.24. The zero-order valence-corrected chi connectivity index (χ0v) is 11.0. The number of benzene rings is 1. The summed E-state index contributed by atoms with van der Waals surface area (Å²) in [5, 5.41) is 21.2. The summed E-state index contributed by atoms with van der Waals surface area (Å²) in [4.78, 5) is 16.0. The molecular weight excluding hydrogens is 256 g/mol. The highest BCUT2D eigenvalue weighted by Gasteiger charge is 2.25. The van der Waals surface area contributed by atoms with Crippen molar-refractivity contribution in [1.29, 1.82) is 0 Å². The molecule has 0 unspecified atom stereocenters. The molecule has 5 heteroatoms. The number of carbonyl (C=O) groups is 1. The van der Waals surface area contributed by atoms with Crippen molar-refractivity contribution < 1.29 is 15.0 Å². The summed E-state index contributed by atoms with van der Waals surface area (Å²) in [5.41, 5.74) is 1.58. The number of aromatic nitrogens is 1. The van der Waals surface area contributed by atoms with E-state index in [0.717, 1.165) is 5.56 Å². The highest BCUT2D eigenvalue weighted by atomic mass is 16.5. The molecule has 5 nitrogen and oxygen atoms in total. The summed E-state index contributed by atoms with van der Waals surface area (Å²) in [6.07, 6.45) is 4.18. The van der Waals surface area contributed by atoms with E-state index in [0.29, 0.717) is 5.56 Å². The largest absolute Gasteiger partial charge is 0.349 e. The van der Waals surface area contributed by atoms with Gasteiger partial charge in [-0.15, -0.1) is 0 Å². The van der Waals surface area contributed by atoms with Crippen LogP contribution in [0.1, 0.15) is 23.7 Å². The molecule has 0 saturated heterocycles. The standard InChI is InChI=1S/C15H15N2O3/c1-2-15(19,20)17-14(18)12-8-9-16-10-13(12)11-6-4-3-5-7-11/h3-9,19-20H,2H2,1H3,(H,17,18). The maximum absolute atomic E-state index is 12.1. The topological polar surface area (TPSA) is 82.5 Å². The van der Waals surface area contributed by atoms with Crippen LogP contribution in [0.2, 0.25) is 0 Å². The van der Waals surface area contributed by atoms with Crippen molar-refractivity contribution in [2.75, 3.05) is 0 Å². The van der Waals surface area contributed by atoms with E-state index in [9.17, 15) is 15.0 Å². The molecule has 20 heavy (non-hydrogen) atoms. The van der Waals surface area contributed by atoms with Gasteiger partial charge < -0.3 is 15.5 Å². The van der Waals surface area contributed by atoms with E-state index in [-0.39, 0.29) is 12.0 Å². The molecule has 0 atom stereocenters. The van der Waals surface area contributed by atoms with Gasteiger partial charge in [-0.1, -0.05) is 37.3 Å². The molecule has 2 rings (SSSR count). The van der Waals surface area contributed by atoms with Gasteiger partial charge >= 0.3 is 0 Å². The van der Waals surface area contributed by atoms with Crippen LogP contribution in [0, 0.1) is 6.20 Å². The predicted octanol–water partition coefficient (Wildman–Crippen LogP) is 1.33. The monoisotopic (exact) mass is 271 g/mol. The van der Waals surface area contributed by atoms with Gasteiger partial charge in [0.1, 0.15) is 0 Å². The SMILES string of the molecule is CCC(O)(O)NC(=O)c1ccn[c]c1-c1ccccc1. The molecule has 0 bridgehead atoms. The number of carbonyl (C=O) groups excluding carboxylic acids is 1.